The first kappa shape index (κ1) is 14.3. The number of nitrogens with zero attached hydrogens (tertiary/aromatic N) is 1. The molecule has 1 N–H and O–H groups in total. The average molecular weight is 307 g/mol. The molecule has 2 unspecified atom stereocenters. The van der Waals surface area contributed by atoms with Crippen LogP contribution in [-0.2, 0) is 6.42 Å². The molecular formula is C20H21NO2. The van der Waals surface area contributed by atoms with Gasteiger partial charge in [-0.1, -0.05) is 36.4 Å². The predicted molar refractivity (Wildman–Crippen MR) is 90.7 cm³/mol. The van der Waals surface area contributed by atoms with Gasteiger partial charge in [-0.15, -0.1) is 0 Å². The second-order valence-electron chi connectivity index (χ2n) is 6.79. The molecule has 1 amide bonds. The standard InChI is InChI=1S/C20H21NO2/c1-12-7-9-16-15-6-4-3-5-14(15)11-17(16)19(12)18-10-8-13(2)21(18)20(22)23/h3-7,9,13,18H,8,10-11H2,1-2H3,(H,22,23). The van der Waals surface area contributed by atoms with Gasteiger partial charge in [0.2, 0.25) is 0 Å². The van der Waals surface area contributed by atoms with Gasteiger partial charge in [-0.25, -0.2) is 4.79 Å². The molecule has 1 aliphatic carbocycles. The number of fused-ring (bicyclic) bond motifs is 3. The molecule has 23 heavy (non-hydrogen) atoms. The van der Waals surface area contributed by atoms with Crippen LogP contribution in [0.4, 0.5) is 4.79 Å². The Bertz CT molecular complexity index is 796. The topological polar surface area (TPSA) is 40.5 Å². The van der Waals surface area contributed by atoms with E-state index in [0.717, 1.165) is 19.3 Å². The summed E-state index contributed by atoms with van der Waals surface area (Å²) in [5, 5.41) is 9.65. The Hall–Kier alpha value is -2.29. The Labute approximate surface area is 136 Å². The molecule has 2 atom stereocenters. The highest BCUT2D eigenvalue weighted by molar-refractivity contribution is 5.79. The summed E-state index contributed by atoms with van der Waals surface area (Å²) < 4.78 is 0. The Morgan fingerprint density at radius 1 is 1.13 bits per heavy atom. The third-order valence-corrected chi connectivity index (χ3v) is 5.47. The second kappa shape index (κ2) is 5.12. The monoisotopic (exact) mass is 307 g/mol. The van der Waals surface area contributed by atoms with E-state index in [0.29, 0.717) is 0 Å². The number of likely N-dealkylation sites (tertiary alicyclic amines) is 1. The Morgan fingerprint density at radius 3 is 2.70 bits per heavy atom. The third-order valence-electron chi connectivity index (χ3n) is 5.47. The first-order valence-corrected chi connectivity index (χ1v) is 8.30. The molecule has 2 aliphatic rings. The SMILES string of the molecule is Cc1ccc2c(c1C1CCC(C)N1C(=O)O)Cc1ccccc1-2. The maximum atomic E-state index is 11.8. The van der Waals surface area contributed by atoms with Crippen LogP contribution in [0.3, 0.4) is 0 Å². The van der Waals surface area contributed by atoms with Gasteiger partial charge in [-0.2, -0.15) is 0 Å². The van der Waals surface area contributed by atoms with Gasteiger partial charge in [-0.05, 0) is 66.5 Å². The second-order valence-corrected chi connectivity index (χ2v) is 6.79. The average Bonchev–Trinajstić information content (AvgIpc) is 3.07. The molecular weight excluding hydrogens is 286 g/mol. The van der Waals surface area contributed by atoms with Crippen LogP contribution in [0.2, 0.25) is 0 Å². The number of rotatable bonds is 1. The Kier molecular flexibility index (Phi) is 3.19. The lowest BCUT2D eigenvalue weighted by Crippen LogP contribution is -2.35. The summed E-state index contributed by atoms with van der Waals surface area (Å²) in [6, 6.07) is 13.0. The van der Waals surface area contributed by atoms with Crippen LogP contribution < -0.4 is 0 Å². The van der Waals surface area contributed by atoms with Crippen molar-refractivity contribution in [2.24, 2.45) is 0 Å². The molecule has 2 aromatic rings. The molecule has 0 bridgehead atoms. The molecule has 0 spiro atoms. The number of carbonyl (C=O) groups is 1. The van der Waals surface area contributed by atoms with Crippen LogP contribution in [0.25, 0.3) is 11.1 Å². The normalized spacial score (nSPS) is 22.1. The lowest BCUT2D eigenvalue weighted by atomic mass is 9.90. The maximum Gasteiger partial charge on any atom is 0.408 e. The summed E-state index contributed by atoms with van der Waals surface area (Å²) >= 11 is 0. The summed E-state index contributed by atoms with van der Waals surface area (Å²) in [5.74, 6) is 0. The maximum absolute atomic E-state index is 11.8. The molecule has 3 heteroatoms. The largest absolute Gasteiger partial charge is 0.465 e. The molecule has 1 saturated heterocycles. The van der Waals surface area contributed by atoms with E-state index < -0.39 is 6.09 Å². The van der Waals surface area contributed by atoms with Gasteiger partial charge in [0.15, 0.2) is 0 Å². The van der Waals surface area contributed by atoms with Crippen LogP contribution in [0.15, 0.2) is 36.4 Å². The first-order chi connectivity index (χ1) is 11.1. The quantitative estimate of drug-likeness (QED) is 0.703. The number of hydrogen-bond donors (Lipinski definition) is 1. The molecule has 0 saturated carbocycles. The smallest absolute Gasteiger partial charge is 0.408 e. The van der Waals surface area contributed by atoms with Gasteiger partial charge in [0.05, 0.1) is 6.04 Å². The van der Waals surface area contributed by atoms with E-state index in [2.05, 4.69) is 43.3 Å². The predicted octanol–water partition coefficient (Wildman–Crippen LogP) is 4.77. The van der Waals surface area contributed by atoms with Crippen molar-refractivity contribution in [1.82, 2.24) is 4.90 Å². The zero-order valence-electron chi connectivity index (χ0n) is 13.5. The molecule has 0 aromatic heterocycles. The van der Waals surface area contributed by atoms with Gasteiger partial charge in [0.1, 0.15) is 0 Å². The minimum Gasteiger partial charge on any atom is -0.465 e. The number of carboxylic acid groups (broad SMARTS) is 1. The van der Waals surface area contributed by atoms with Crippen molar-refractivity contribution >= 4 is 6.09 Å². The summed E-state index contributed by atoms with van der Waals surface area (Å²) in [6.07, 6.45) is 1.97. The minimum absolute atomic E-state index is 0.00763. The summed E-state index contributed by atoms with van der Waals surface area (Å²) in [7, 11) is 0. The van der Waals surface area contributed by atoms with Crippen LogP contribution >= 0.6 is 0 Å². The summed E-state index contributed by atoms with van der Waals surface area (Å²) in [4.78, 5) is 13.4. The number of aryl methyl sites for hydroxylation is 1. The molecule has 4 rings (SSSR count). The third kappa shape index (κ3) is 2.07. The van der Waals surface area contributed by atoms with E-state index in [1.807, 2.05) is 6.92 Å². The fourth-order valence-electron chi connectivity index (χ4n) is 4.41. The van der Waals surface area contributed by atoms with Crippen LogP contribution in [-0.4, -0.2) is 22.1 Å². The molecule has 118 valence electrons. The fraction of sp³-hybridized carbons (Fsp3) is 0.350. The van der Waals surface area contributed by atoms with E-state index in [9.17, 15) is 9.90 Å². The number of amides is 1. The first-order valence-electron chi connectivity index (χ1n) is 8.30. The molecule has 3 nitrogen and oxygen atoms in total. The van der Waals surface area contributed by atoms with Gasteiger partial charge < -0.3 is 5.11 Å². The van der Waals surface area contributed by atoms with Gasteiger partial charge >= 0.3 is 6.09 Å². The zero-order valence-corrected chi connectivity index (χ0v) is 13.5. The highest BCUT2D eigenvalue weighted by atomic mass is 16.4. The van der Waals surface area contributed by atoms with Crippen molar-refractivity contribution < 1.29 is 9.90 Å². The van der Waals surface area contributed by atoms with Gasteiger partial charge in [0, 0.05) is 6.04 Å². The summed E-state index contributed by atoms with van der Waals surface area (Å²) in [6.45, 7) is 4.13. The highest BCUT2D eigenvalue weighted by Crippen LogP contribution is 2.45. The number of hydrogen-bond acceptors (Lipinski definition) is 1. The van der Waals surface area contributed by atoms with Crippen molar-refractivity contribution in [3.05, 3.63) is 58.7 Å². The Morgan fingerprint density at radius 2 is 1.91 bits per heavy atom. The van der Waals surface area contributed by atoms with Gasteiger partial charge in [0.25, 0.3) is 0 Å². The summed E-state index contributed by atoms with van der Waals surface area (Å²) in [5.41, 5.74) is 7.72. The zero-order chi connectivity index (χ0) is 16.1. The van der Waals surface area contributed by atoms with E-state index >= 15 is 0 Å². The molecule has 1 heterocycles. The van der Waals surface area contributed by atoms with Gasteiger partial charge in [-0.3, -0.25) is 4.90 Å². The van der Waals surface area contributed by atoms with E-state index in [1.165, 1.54) is 33.4 Å². The number of benzene rings is 2. The lowest BCUT2D eigenvalue weighted by Gasteiger charge is -2.28. The van der Waals surface area contributed by atoms with E-state index in [-0.39, 0.29) is 12.1 Å². The van der Waals surface area contributed by atoms with Crippen molar-refractivity contribution in [3.8, 4) is 11.1 Å². The van der Waals surface area contributed by atoms with Crippen molar-refractivity contribution in [1.29, 1.82) is 0 Å². The molecule has 2 aromatic carbocycles. The molecule has 1 fully saturated rings. The van der Waals surface area contributed by atoms with Crippen LogP contribution in [0, 0.1) is 6.92 Å². The minimum atomic E-state index is -0.799. The van der Waals surface area contributed by atoms with Crippen LogP contribution in [0.5, 0.6) is 0 Å². The fourth-order valence-corrected chi connectivity index (χ4v) is 4.41. The van der Waals surface area contributed by atoms with Crippen molar-refractivity contribution in [2.75, 3.05) is 0 Å². The van der Waals surface area contributed by atoms with Crippen molar-refractivity contribution in [2.45, 2.75) is 45.2 Å². The van der Waals surface area contributed by atoms with E-state index in [4.69, 9.17) is 0 Å². The lowest BCUT2D eigenvalue weighted by molar-refractivity contribution is 0.125. The Balaban J connectivity index is 1.87. The molecule has 1 aliphatic heterocycles. The highest BCUT2D eigenvalue weighted by Gasteiger charge is 2.38. The molecule has 0 radical (unpaired) electrons. The van der Waals surface area contributed by atoms with E-state index in [1.54, 1.807) is 4.90 Å². The van der Waals surface area contributed by atoms with Crippen LogP contribution in [0.1, 0.15) is 48.1 Å². The van der Waals surface area contributed by atoms with Crippen molar-refractivity contribution in [3.63, 3.8) is 0 Å².